The van der Waals surface area contributed by atoms with Crippen molar-refractivity contribution in [3.63, 3.8) is 0 Å². The first-order chi connectivity index (χ1) is 5.38. The molecule has 1 unspecified atom stereocenters. The molecule has 3 nitrogen and oxygen atoms in total. The fourth-order valence-corrected chi connectivity index (χ4v) is 0.780. The van der Waals surface area contributed by atoms with E-state index in [0.717, 1.165) is 0 Å². The van der Waals surface area contributed by atoms with Gasteiger partial charge in [0.25, 0.3) is 0 Å². The number of carbonyl (C=O) groups excluding carboxylic acids is 1. The lowest BCUT2D eigenvalue weighted by molar-refractivity contribution is -0.181. The van der Waals surface area contributed by atoms with Crippen LogP contribution in [0, 0.1) is 5.92 Å². The average molecular weight is 185 g/mol. The summed E-state index contributed by atoms with van der Waals surface area (Å²) in [5.74, 6) is -2.83. The molecular formula is C6H10F3NO2. The van der Waals surface area contributed by atoms with Gasteiger partial charge in [-0.15, -0.1) is 0 Å². The first-order valence-electron chi connectivity index (χ1n) is 3.33. The monoisotopic (exact) mass is 185 g/mol. The Morgan fingerprint density at radius 3 is 2.25 bits per heavy atom. The number of alkyl halides is 3. The Bertz CT molecular complexity index is 157. The SMILES string of the molecule is NC(=O)CC(CCO)C(F)(F)F. The average Bonchev–Trinajstić information content (AvgIpc) is 1.83. The second kappa shape index (κ2) is 4.30. The highest BCUT2D eigenvalue weighted by atomic mass is 19.4. The number of hydrogen-bond donors (Lipinski definition) is 2. The molecule has 0 aromatic rings. The van der Waals surface area contributed by atoms with Crippen LogP contribution in [-0.4, -0.2) is 23.8 Å². The van der Waals surface area contributed by atoms with E-state index in [9.17, 15) is 18.0 Å². The van der Waals surface area contributed by atoms with Gasteiger partial charge < -0.3 is 10.8 Å². The van der Waals surface area contributed by atoms with Crippen LogP contribution in [0.25, 0.3) is 0 Å². The smallest absolute Gasteiger partial charge is 0.392 e. The number of carbonyl (C=O) groups is 1. The molecule has 0 aromatic carbocycles. The summed E-state index contributed by atoms with van der Waals surface area (Å²) >= 11 is 0. The molecule has 0 bridgehead atoms. The van der Waals surface area contributed by atoms with Crippen molar-refractivity contribution in [1.82, 2.24) is 0 Å². The molecule has 1 atom stereocenters. The Balaban J connectivity index is 4.13. The molecule has 3 N–H and O–H groups in total. The van der Waals surface area contributed by atoms with Crippen LogP contribution in [0.3, 0.4) is 0 Å². The first-order valence-corrected chi connectivity index (χ1v) is 3.33. The summed E-state index contributed by atoms with van der Waals surface area (Å²) in [7, 11) is 0. The predicted octanol–water partition coefficient (Wildman–Crippen LogP) is 0.423. The third-order valence-corrected chi connectivity index (χ3v) is 1.39. The van der Waals surface area contributed by atoms with Gasteiger partial charge in [-0.1, -0.05) is 0 Å². The standard InChI is InChI=1S/C6H10F3NO2/c7-6(8,9)4(1-2-11)3-5(10)12/h4,11H,1-3H2,(H2,10,12). The molecule has 0 aliphatic carbocycles. The number of amides is 1. The molecule has 1 amide bonds. The van der Waals surface area contributed by atoms with E-state index in [1.165, 1.54) is 0 Å². The fraction of sp³-hybridized carbons (Fsp3) is 0.833. The molecule has 12 heavy (non-hydrogen) atoms. The summed E-state index contributed by atoms with van der Waals surface area (Å²) < 4.78 is 35.8. The van der Waals surface area contributed by atoms with Crippen molar-refractivity contribution in [1.29, 1.82) is 0 Å². The summed E-state index contributed by atoms with van der Waals surface area (Å²) in [5.41, 5.74) is 4.60. The zero-order valence-electron chi connectivity index (χ0n) is 6.27. The van der Waals surface area contributed by atoms with Gasteiger partial charge >= 0.3 is 6.18 Å². The molecule has 0 fully saturated rings. The van der Waals surface area contributed by atoms with Gasteiger partial charge in [0.1, 0.15) is 0 Å². The van der Waals surface area contributed by atoms with Gasteiger partial charge in [-0.05, 0) is 6.42 Å². The maximum atomic E-state index is 11.9. The van der Waals surface area contributed by atoms with Gasteiger partial charge in [-0.2, -0.15) is 13.2 Å². The lowest BCUT2D eigenvalue weighted by Crippen LogP contribution is -2.29. The van der Waals surface area contributed by atoms with Crippen molar-refractivity contribution in [3.05, 3.63) is 0 Å². The van der Waals surface area contributed by atoms with Crippen LogP contribution in [0.5, 0.6) is 0 Å². The molecule has 0 spiro atoms. The Morgan fingerprint density at radius 2 is 2.00 bits per heavy atom. The maximum absolute atomic E-state index is 11.9. The molecule has 0 saturated heterocycles. The molecule has 0 aliphatic heterocycles. The predicted molar refractivity (Wildman–Crippen MR) is 35.1 cm³/mol. The molecule has 0 aliphatic rings. The van der Waals surface area contributed by atoms with E-state index in [2.05, 4.69) is 5.73 Å². The summed E-state index contributed by atoms with van der Waals surface area (Å²) in [4.78, 5) is 10.2. The molecule has 0 aromatic heterocycles. The Morgan fingerprint density at radius 1 is 1.50 bits per heavy atom. The quantitative estimate of drug-likeness (QED) is 0.666. The van der Waals surface area contributed by atoms with Crippen molar-refractivity contribution < 1.29 is 23.1 Å². The normalized spacial score (nSPS) is 14.3. The van der Waals surface area contributed by atoms with Crippen molar-refractivity contribution in [3.8, 4) is 0 Å². The van der Waals surface area contributed by atoms with Crippen LogP contribution in [0.2, 0.25) is 0 Å². The zero-order valence-corrected chi connectivity index (χ0v) is 6.27. The van der Waals surface area contributed by atoms with E-state index >= 15 is 0 Å². The van der Waals surface area contributed by atoms with E-state index < -0.39 is 37.4 Å². The number of rotatable bonds is 4. The van der Waals surface area contributed by atoms with E-state index in [4.69, 9.17) is 5.11 Å². The highest BCUT2D eigenvalue weighted by molar-refractivity contribution is 5.74. The highest BCUT2D eigenvalue weighted by Crippen LogP contribution is 2.30. The van der Waals surface area contributed by atoms with E-state index in [1.54, 1.807) is 0 Å². The lowest BCUT2D eigenvalue weighted by Gasteiger charge is -2.17. The van der Waals surface area contributed by atoms with Crippen LogP contribution < -0.4 is 5.73 Å². The third kappa shape index (κ3) is 4.17. The van der Waals surface area contributed by atoms with Crippen molar-refractivity contribution >= 4 is 5.91 Å². The van der Waals surface area contributed by atoms with Gasteiger partial charge in [-0.3, -0.25) is 4.79 Å². The second-order valence-corrected chi connectivity index (χ2v) is 2.42. The summed E-state index contributed by atoms with van der Waals surface area (Å²) in [5, 5.41) is 8.26. The largest absolute Gasteiger partial charge is 0.396 e. The van der Waals surface area contributed by atoms with E-state index in [-0.39, 0.29) is 0 Å². The highest BCUT2D eigenvalue weighted by Gasteiger charge is 2.39. The van der Waals surface area contributed by atoms with Crippen LogP contribution >= 0.6 is 0 Å². The molecular weight excluding hydrogens is 175 g/mol. The number of nitrogens with two attached hydrogens (primary N) is 1. The number of aliphatic hydroxyl groups excluding tert-OH is 1. The molecule has 0 heterocycles. The van der Waals surface area contributed by atoms with E-state index in [1.807, 2.05) is 0 Å². The Labute approximate surface area is 67.4 Å². The first kappa shape index (κ1) is 11.2. The molecule has 72 valence electrons. The topological polar surface area (TPSA) is 63.3 Å². The Hall–Kier alpha value is -0.780. The summed E-state index contributed by atoms with van der Waals surface area (Å²) in [6, 6.07) is 0. The molecule has 0 rings (SSSR count). The zero-order chi connectivity index (χ0) is 9.78. The van der Waals surface area contributed by atoms with Gasteiger partial charge in [0, 0.05) is 13.0 Å². The third-order valence-electron chi connectivity index (χ3n) is 1.39. The molecule has 6 heteroatoms. The van der Waals surface area contributed by atoms with Gasteiger partial charge in [0.2, 0.25) is 5.91 Å². The van der Waals surface area contributed by atoms with Crippen molar-refractivity contribution in [2.24, 2.45) is 11.7 Å². The van der Waals surface area contributed by atoms with Crippen LogP contribution in [0.15, 0.2) is 0 Å². The fourth-order valence-electron chi connectivity index (χ4n) is 0.780. The van der Waals surface area contributed by atoms with Gasteiger partial charge in [-0.25, -0.2) is 0 Å². The number of aliphatic hydroxyl groups is 1. The van der Waals surface area contributed by atoms with Crippen molar-refractivity contribution in [2.75, 3.05) is 6.61 Å². The van der Waals surface area contributed by atoms with Gasteiger partial charge in [0.05, 0.1) is 5.92 Å². The van der Waals surface area contributed by atoms with Crippen molar-refractivity contribution in [2.45, 2.75) is 19.0 Å². The van der Waals surface area contributed by atoms with Crippen LogP contribution in [0.1, 0.15) is 12.8 Å². The minimum absolute atomic E-state index is 0.480. The van der Waals surface area contributed by atoms with Crippen LogP contribution in [0.4, 0.5) is 13.2 Å². The minimum Gasteiger partial charge on any atom is -0.396 e. The molecule has 0 radical (unpaired) electrons. The summed E-state index contributed by atoms with van der Waals surface area (Å²) in [6.07, 6.45) is -5.70. The van der Waals surface area contributed by atoms with E-state index in [0.29, 0.717) is 0 Å². The molecule has 0 saturated carbocycles. The maximum Gasteiger partial charge on any atom is 0.392 e. The summed E-state index contributed by atoms with van der Waals surface area (Å²) in [6.45, 7) is -0.600. The van der Waals surface area contributed by atoms with Crippen LogP contribution in [-0.2, 0) is 4.79 Å². The Kier molecular flexibility index (Phi) is 4.02. The minimum atomic E-state index is -4.46. The second-order valence-electron chi connectivity index (χ2n) is 2.42. The number of halogens is 3. The van der Waals surface area contributed by atoms with Gasteiger partial charge in [0.15, 0.2) is 0 Å². The number of primary amides is 1. The lowest BCUT2D eigenvalue weighted by atomic mass is 10.0. The number of hydrogen-bond acceptors (Lipinski definition) is 2.